The highest BCUT2D eigenvalue weighted by Crippen LogP contribution is 2.25. The van der Waals surface area contributed by atoms with Crippen LogP contribution in [0.1, 0.15) is 51.5 Å². The quantitative estimate of drug-likeness (QED) is 0.526. The zero-order chi connectivity index (χ0) is 23.8. The fourth-order valence-electron chi connectivity index (χ4n) is 4.27. The standard InChI is InChI=1S/C26H37N3O3S/c1-4-28(24-9-6-5-7-10-24)18-8-17-27-26(30)23-15-19-29(20-16-23)33(31,32)25-13-11-22(12-14-25)21(2)3/h5-7,9-14,21,23H,4,8,15-20H2,1-3H3,(H,27,30). The van der Waals surface area contributed by atoms with Crippen LogP contribution in [-0.2, 0) is 14.8 Å². The van der Waals surface area contributed by atoms with E-state index in [1.807, 2.05) is 30.3 Å². The van der Waals surface area contributed by atoms with Crippen LogP contribution in [0.15, 0.2) is 59.5 Å². The van der Waals surface area contributed by atoms with Gasteiger partial charge in [0.05, 0.1) is 4.90 Å². The first-order valence-corrected chi connectivity index (χ1v) is 13.4. The highest BCUT2D eigenvalue weighted by Gasteiger charge is 2.32. The van der Waals surface area contributed by atoms with Crippen LogP contribution in [0, 0.1) is 5.92 Å². The van der Waals surface area contributed by atoms with Crippen molar-refractivity contribution in [2.75, 3.05) is 37.6 Å². The molecule has 33 heavy (non-hydrogen) atoms. The van der Waals surface area contributed by atoms with Gasteiger partial charge in [-0.3, -0.25) is 4.79 Å². The van der Waals surface area contributed by atoms with Crippen molar-refractivity contribution in [2.45, 2.75) is 50.8 Å². The molecular weight excluding hydrogens is 434 g/mol. The van der Waals surface area contributed by atoms with E-state index in [9.17, 15) is 13.2 Å². The van der Waals surface area contributed by atoms with Gasteiger partial charge in [0.1, 0.15) is 0 Å². The minimum Gasteiger partial charge on any atom is -0.372 e. The minimum atomic E-state index is -3.52. The molecule has 2 aromatic carbocycles. The second-order valence-corrected chi connectivity index (χ2v) is 10.9. The summed E-state index contributed by atoms with van der Waals surface area (Å²) < 4.78 is 27.5. The van der Waals surface area contributed by atoms with Crippen molar-refractivity contribution in [3.63, 3.8) is 0 Å². The van der Waals surface area contributed by atoms with Gasteiger partial charge < -0.3 is 10.2 Å². The number of sulfonamides is 1. The Bertz CT molecular complexity index is 983. The van der Waals surface area contributed by atoms with Gasteiger partial charge in [0.2, 0.25) is 15.9 Å². The third-order valence-electron chi connectivity index (χ3n) is 6.42. The molecule has 180 valence electrons. The van der Waals surface area contributed by atoms with Crippen molar-refractivity contribution in [2.24, 2.45) is 5.92 Å². The molecule has 1 N–H and O–H groups in total. The summed E-state index contributed by atoms with van der Waals surface area (Å²) in [5, 5.41) is 3.05. The molecule has 0 aromatic heterocycles. The molecule has 0 spiro atoms. The normalized spacial score (nSPS) is 15.5. The van der Waals surface area contributed by atoms with Crippen molar-refractivity contribution in [3.8, 4) is 0 Å². The summed E-state index contributed by atoms with van der Waals surface area (Å²) in [4.78, 5) is 15.2. The summed E-state index contributed by atoms with van der Waals surface area (Å²) in [6.45, 7) is 9.49. The van der Waals surface area contributed by atoms with Gasteiger partial charge in [-0.15, -0.1) is 0 Å². The number of anilines is 1. The van der Waals surface area contributed by atoms with E-state index in [1.165, 1.54) is 9.99 Å². The summed E-state index contributed by atoms with van der Waals surface area (Å²) in [7, 11) is -3.52. The van der Waals surface area contributed by atoms with Gasteiger partial charge >= 0.3 is 0 Å². The molecule has 1 saturated heterocycles. The molecule has 6 nitrogen and oxygen atoms in total. The lowest BCUT2D eigenvalue weighted by atomic mass is 9.97. The number of rotatable bonds is 10. The van der Waals surface area contributed by atoms with Gasteiger partial charge in [-0.2, -0.15) is 4.31 Å². The Balaban J connectivity index is 1.44. The molecular formula is C26H37N3O3S. The fraction of sp³-hybridized carbons (Fsp3) is 0.500. The van der Waals surface area contributed by atoms with Crippen LogP contribution in [0.5, 0.6) is 0 Å². The number of benzene rings is 2. The average Bonchev–Trinajstić information content (AvgIpc) is 2.84. The molecule has 0 aliphatic carbocycles. The number of carbonyl (C=O) groups is 1. The molecule has 7 heteroatoms. The van der Waals surface area contributed by atoms with Crippen molar-refractivity contribution in [1.29, 1.82) is 0 Å². The number of nitrogens with zero attached hydrogens (tertiary/aromatic N) is 2. The van der Waals surface area contributed by atoms with Gasteiger partial charge in [-0.25, -0.2) is 8.42 Å². The van der Waals surface area contributed by atoms with Crippen LogP contribution in [0.2, 0.25) is 0 Å². The van der Waals surface area contributed by atoms with Gasteiger partial charge in [-0.1, -0.05) is 44.2 Å². The summed E-state index contributed by atoms with van der Waals surface area (Å²) in [5.41, 5.74) is 2.31. The zero-order valence-corrected chi connectivity index (χ0v) is 20.9. The number of hydrogen-bond donors (Lipinski definition) is 1. The first kappa shape index (κ1) is 25.2. The molecule has 0 saturated carbocycles. The maximum atomic E-state index is 13.0. The SMILES string of the molecule is CCN(CCCNC(=O)C1CCN(S(=O)(=O)c2ccc(C(C)C)cc2)CC1)c1ccccc1. The van der Waals surface area contributed by atoms with Crippen LogP contribution >= 0.6 is 0 Å². The Labute approximate surface area is 199 Å². The van der Waals surface area contributed by atoms with Crippen molar-refractivity contribution in [1.82, 2.24) is 9.62 Å². The van der Waals surface area contributed by atoms with Crippen LogP contribution in [-0.4, -0.2) is 51.4 Å². The first-order valence-electron chi connectivity index (χ1n) is 12.0. The van der Waals surface area contributed by atoms with Crippen molar-refractivity contribution in [3.05, 3.63) is 60.2 Å². The second-order valence-electron chi connectivity index (χ2n) is 8.96. The van der Waals surface area contributed by atoms with E-state index in [2.05, 4.69) is 43.1 Å². The largest absolute Gasteiger partial charge is 0.372 e. The van der Waals surface area contributed by atoms with E-state index in [-0.39, 0.29) is 11.8 Å². The predicted octanol–water partition coefficient (Wildman–Crippen LogP) is 4.24. The fourth-order valence-corrected chi connectivity index (χ4v) is 5.74. The zero-order valence-electron chi connectivity index (χ0n) is 20.0. The van der Waals surface area contributed by atoms with E-state index in [0.717, 1.165) is 25.1 Å². The number of piperidine rings is 1. The Morgan fingerprint density at radius 3 is 2.27 bits per heavy atom. The van der Waals surface area contributed by atoms with Crippen LogP contribution in [0.25, 0.3) is 0 Å². The number of hydrogen-bond acceptors (Lipinski definition) is 4. The van der Waals surface area contributed by atoms with Gasteiger partial charge in [0.25, 0.3) is 0 Å². The molecule has 2 aromatic rings. The highest BCUT2D eigenvalue weighted by atomic mass is 32.2. The minimum absolute atomic E-state index is 0.0380. The maximum Gasteiger partial charge on any atom is 0.243 e. The lowest BCUT2D eigenvalue weighted by Gasteiger charge is -2.30. The third kappa shape index (κ3) is 6.58. The highest BCUT2D eigenvalue weighted by molar-refractivity contribution is 7.89. The van der Waals surface area contributed by atoms with Gasteiger partial charge in [0, 0.05) is 44.3 Å². The van der Waals surface area contributed by atoms with Crippen molar-refractivity contribution >= 4 is 21.6 Å². The van der Waals surface area contributed by atoms with E-state index in [0.29, 0.717) is 43.3 Å². The molecule has 0 bridgehead atoms. The lowest BCUT2D eigenvalue weighted by molar-refractivity contribution is -0.126. The van der Waals surface area contributed by atoms with Crippen molar-refractivity contribution < 1.29 is 13.2 Å². The third-order valence-corrected chi connectivity index (χ3v) is 8.33. The molecule has 1 aliphatic rings. The predicted molar refractivity (Wildman–Crippen MR) is 134 cm³/mol. The number of amides is 1. The maximum absolute atomic E-state index is 13.0. The van der Waals surface area contributed by atoms with Crippen LogP contribution in [0.4, 0.5) is 5.69 Å². The Morgan fingerprint density at radius 1 is 1.06 bits per heavy atom. The Hall–Kier alpha value is -2.38. The molecule has 1 aliphatic heterocycles. The van der Waals surface area contributed by atoms with Crippen LogP contribution in [0.3, 0.4) is 0 Å². The topological polar surface area (TPSA) is 69.7 Å². The lowest BCUT2D eigenvalue weighted by Crippen LogP contribution is -2.43. The molecule has 1 amide bonds. The van der Waals surface area contributed by atoms with E-state index in [1.54, 1.807) is 12.1 Å². The number of carbonyl (C=O) groups excluding carboxylic acids is 1. The Morgan fingerprint density at radius 2 is 1.70 bits per heavy atom. The number of para-hydroxylation sites is 1. The Kier molecular flexibility index (Phi) is 8.92. The van der Waals surface area contributed by atoms with Gasteiger partial charge in [0.15, 0.2) is 0 Å². The molecule has 1 fully saturated rings. The smallest absolute Gasteiger partial charge is 0.243 e. The molecule has 0 atom stereocenters. The molecule has 1 heterocycles. The summed E-state index contributed by atoms with van der Waals surface area (Å²) in [6.07, 6.45) is 1.98. The van der Waals surface area contributed by atoms with Crippen LogP contribution < -0.4 is 10.2 Å². The summed E-state index contributed by atoms with van der Waals surface area (Å²) in [6, 6.07) is 17.4. The summed E-state index contributed by atoms with van der Waals surface area (Å²) >= 11 is 0. The van der Waals surface area contributed by atoms with E-state index < -0.39 is 10.0 Å². The molecule has 0 unspecified atom stereocenters. The van der Waals surface area contributed by atoms with E-state index >= 15 is 0 Å². The second kappa shape index (κ2) is 11.7. The first-order chi connectivity index (χ1) is 15.8. The van der Waals surface area contributed by atoms with E-state index in [4.69, 9.17) is 0 Å². The molecule has 3 rings (SSSR count). The number of nitrogens with one attached hydrogen (secondary N) is 1. The monoisotopic (exact) mass is 471 g/mol. The molecule has 0 radical (unpaired) electrons. The average molecular weight is 472 g/mol. The van der Waals surface area contributed by atoms with Gasteiger partial charge in [-0.05, 0) is 61.9 Å². The summed E-state index contributed by atoms with van der Waals surface area (Å²) in [5.74, 6) is 0.270.